The molecule has 0 bridgehead atoms. The lowest BCUT2D eigenvalue weighted by Crippen LogP contribution is -2.29. The third-order valence-electron chi connectivity index (χ3n) is 1.06. The molecule has 0 saturated carbocycles. The lowest BCUT2D eigenvalue weighted by atomic mass is 10.5. The number of rotatable bonds is 4. The molecule has 0 radical (unpaired) electrons. The van der Waals surface area contributed by atoms with Crippen LogP contribution < -0.4 is 0 Å². The fourth-order valence-corrected chi connectivity index (χ4v) is 0.526. The fraction of sp³-hybridized carbons (Fsp3) is 0.286. The van der Waals surface area contributed by atoms with Gasteiger partial charge in [0.15, 0.2) is 0 Å². The van der Waals surface area contributed by atoms with Crippen LogP contribution in [0.15, 0.2) is 12.2 Å². The molecule has 0 aliphatic heterocycles. The normalized spacial score (nSPS) is 7.67. The molecule has 0 aromatic heterocycles. The Kier molecular flexibility index (Phi) is 5.02. The van der Waals surface area contributed by atoms with Crippen LogP contribution in [0.3, 0.4) is 0 Å². The Labute approximate surface area is 68.6 Å². The van der Waals surface area contributed by atoms with E-state index in [1.54, 1.807) is 0 Å². The van der Waals surface area contributed by atoms with Crippen LogP contribution in [-0.4, -0.2) is 41.1 Å². The summed E-state index contributed by atoms with van der Waals surface area (Å²) in [6.45, 7) is -0.145. The standard InChI is InChI=1S/C7H7NO4/c9-5-1-3-8(7(11)12)4-2-6-10/h1-2H,3-4H2,(H,11,12). The van der Waals surface area contributed by atoms with Crippen molar-refractivity contribution in [3.8, 4) is 0 Å². The summed E-state index contributed by atoms with van der Waals surface area (Å²) in [6.07, 6.45) is 0.840. The second-order valence-corrected chi connectivity index (χ2v) is 1.83. The Bertz CT molecular complexity index is 228. The summed E-state index contributed by atoms with van der Waals surface area (Å²) in [4.78, 5) is 30.6. The smallest absolute Gasteiger partial charge is 0.407 e. The lowest BCUT2D eigenvalue weighted by molar-refractivity contribution is 0.155. The van der Waals surface area contributed by atoms with Gasteiger partial charge in [-0.3, -0.25) is 4.90 Å². The van der Waals surface area contributed by atoms with Crippen LogP contribution in [0.25, 0.3) is 0 Å². The first kappa shape index (κ1) is 10.2. The van der Waals surface area contributed by atoms with Crippen molar-refractivity contribution in [2.75, 3.05) is 13.1 Å². The van der Waals surface area contributed by atoms with Gasteiger partial charge < -0.3 is 5.11 Å². The number of hydrogen-bond acceptors (Lipinski definition) is 3. The van der Waals surface area contributed by atoms with Gasteiger partial charge in [-0.25, -0.2) is 14.4 Å². The molecule has 1 amide bonds. The highest BCUT2D eigenvalue weighted by Gasteiger charge is 2.06. The van der Waals surface area contributed by atoms with E-state index >= 15 is 0 Å². The van der Waals surface area contributed by atoms with E-state index in [9.17, 15) is 14.4 Å². The number of amides is 1. The molecule has 0 aliphatic rings. The number of carbonyl (C=O) groups excluding carboxylic acids is 2. The molecule has 12 heavy (non-hydrogen) atoms. The molecule has 0 aromatic carbocycles. The maximum atomic E-state index is 10.3. The minimum absolute atomic E-state index is 0.0724. The molecule has 0 saturated heterocycles. The first-order valence-corrected chi connectivity index (χ1v) is 3.09. The topological polar surface area (TPSA) is 74.7 Å². The van der Waals surface area contributed by atoms with E-state index in [4.69, 9.17) is 5.11 Å². The van der Waals surface area contributed by atoms with Crippen molar-refractivity contribution in [3.63, 3.8) is 0 Å². The van der Waals surface area contributed by atoms with Crippen LogP contribution in [0.2, 0.25) is 0 Å². The minimum Gasteiger partial charge on any atom is -0.465 e. The molecule has 5 nitrogen and oxygen atoms in total. The summed E-state index contributed by atoms with van der Waals surface area (Å²) in [6, 6.07) is 0. The molecule has 0 atom stereocenters. The van der Waals surface area contributed by atoms with Crippen LogP contribution in [0, 0.1) is 0 Å². The Hall–Kier alpha value is -1.83. The molecule has 0 aromatic rings. The van der Waals surface area contributed by atoms with Crippen LogP contribution in [0.1, 0.15) is 0 Å². The van der Waals surface area contributed by atoms with Gasteiger partial charge in [-0.15, -0.1) is 0 Å². The van der Waals surface area contributed by atoms with Crippen LogP contribution in [-0.2, 0) is 9.59 Å². The van der Waals surface area contributed by atoms with Crippen molar-refractivity contribution in [1.82, 2.24) is 4.90 Å². The summed E-state index contributed by atoms with van der Waals surface area (Å²) < 4.78 is 0. The van der Waals surface area contributed by atoms with Crippen molar-refractivity contribution in [2.45, 2.75) is 0 Å². The highest BCUT2D eigenvalue weighted by atomic mass is 16.4. The third kappa shape index (κ3) is 4.06. The second-order valence-electron chi connectivity index (χ2n) is 1.83. The molecular formula is C7H7NO4. The van der Waals surface area contributed by atoms with Gasteiger partial charge in [-0.05, 0) is 0 Å². The van der Waals surface area contributed by atoms with Crippen molar-refractivity contribution >= 4 is 18.0 Å². The zero-order valence-corrected chi connectivity index (χ0v) is 6.19. The maximum Gasteiger partial charge on any atom is 0.407 e. The van der Waals surface area contributed by atoms with Crippen molar-refractivity contribution in [1.29, 1.82) is 0 Å². The van der Waals surface area contributed by atoms with E-state index in [-0.39, 0.29) is 13.1 Å². The van der Waals surface area contributed by atoms with Gasteiger partial charge in [0.05, 0.1) is 13.1 Å². The molecule has 0 fully saturated rings. The molecule has 0 unspecified atom stereocenters. The number of nitrogens with zero attached hydrogens (tertiary/aromatic N) is 1. The quantitative estimate of drug-likeness (QED) is 0.588. The Morgan fingerprint density at radius 3 is 1.92 bits per heavy atom. The van der Waals surface area contributed by atoms with Gasteiger partial charge in [0.25, 0.3) is 0 Å². The van der Waals surface area contributed by atoms with E-state index in [1.165, 1.54) is 11.9 Å². The molecule has 5 heteroatoms. The van der Waals surface area contributed by atoms with Gasteiger partial charge in [-0.2, -0.15) is 0 Å². The second kappa shape index (κ2) is 5.92. The summed E-state index contributed by atoms with van der Waals surface area (Å²) in [5.74, 6) is 2.87. The average Bonchev–Trinajstić information content (AvgIpc) is 2.04. The SMILES string of the molecule is O=C=CCN(CC=C=O)C(=O)O. The van der Waals surface area contributed by atoms with Gasteiger partial charge in [0.2, 0.25) is 0 Å². The van der Waals surface area contributed by atoms with Crippen molar-refractivity contribution in [3.05, 3.63) is 12.2 Å². The Balaban J connectivity index is 4.12. The number of hydrogen-bond donors (Lipinski definition) is 1. The van der Waals surface area contributed by atoms with E-state index in [1.807, 2.05) is 0 Å². The predicted molar refractivity (Wildman–Crippen MR) is 40.1 cm³/mol. The van der Waals surface area contributed by atoms with E-state index in [0.29, 0.717) is 0 Å². The van der Waals surface area contributed by atoms with E-state index in [2.05, 4.69) is 0 Å². The largest absolute Gasteiger partial charge is 0.465 e. The molecule has 64 valence electrons. The first-order chi connectivity index (χ1) is 5.72. The molecular weight excluding hydrogens is 162 g/mol. The maximum absolute atomic E-state index is 10.3. The predicted octanol–water partition coefficient (Wildman–Crippen LogP) is -0.258. The molecule has 0 spiro atoms. The monoisotopic (exact) mass is 169 g/mol. The van der Waals surface area contributed by atoms with Gasteiger partial charge in [-0.1, -0.05) is 0 Å². The summed E-state index contributed by atoms with van der Waals surface area (Å²) in [7, 11) is 0. The van der Waals surface area contributed by atoms with Gasteiger partial charge >= 0.3 is 6.09 Å². The summed E-state index contributed by atoms with van der Waals surface area (Å²) in [5, 5.41) is 8.45. The molecule has 1 N–H and O–H groups in total. The van der Waals surface area contributed by atoms with E-state index < -0.39 is 6.09 Å². The lowest BCUT2D eigenvalue weighted by Gasteiger charge is -2.12. The highest BCUT2D eigenvalue weighted by molar-refractivity contribution is 5.66. The number of carboxylic acid groups (broad SMARTS) is 1. The molecule has 0 heterocycles. The van der Waals surface area contributed by atoms with Crippen molar-refractivity contribution < 1.29 is 19.5 Å². The Morgan fingerprint density at radius 1 is 1.25 bits per heavy atom. The van der Waals surface area contributed by atoms with Gasteiger partial charge in [0, 0.05) is 12.2 Å². The third-order valence-corrected chi connectivity index (χ3v) is 1.06. The zero-order valence-electron chi connectivity index (χ0n) is 6.19. The fourth-order valence-electron chi connectivity index (χ4n) is 0.526. The first-order valence-electron chi connectivity index (χ1n) is 3.09. The average molecular weight is 169 g/mol. The van der Waals surface area contributed by atoms with Crippen LogP contribution in [0.4, 0.5) is 4.79 Å². The summed E-state index contributed by atoms with van der Waals surface area (Å²) in [5.41, 5.74) is 0. The van der Waals surface area contributed by atoms with Crippen molar-refractivity contribution in [2.24, 2.45) is 0 Å². The molecule has 0 aliphatic carbocycles. The van der Waals surface area contributed by atoms with Crippen LogP contribution in [0.5, 0.6) is 0 Å². The highest BCUT2D eigenvalue weighted by Crippen LogP contribution is 1.88. The summed E-state index contributed by atoms with van der Waals surface area (Å²) >= 11 is 0. The minimum atomic E-state index is -1.20. The molecule has 0 rings (SSSR count). The van der Waals surface area contributed by atoms with E-state index in [0.717, 1.165) is 17.1 Å². The van der Waals surface area contributed by atoms with Gasteiger partial charge in [0.1, 0.15) is 11.9 Å². The Morgan fingerprint density at radius 2 is 1.67 bits per heavy atom. The zero-order chi connectivity index (χ0) is 9.40. The van der Waals surface area contributed by atoms with Crippen LogP contribution >= 0.6 is 0 Å². The number of carbonyl (C=O) groups is 1.